The van der Waals surface area contributed by atoms with Crippen molar-refractivity contribution in [1.82, 2.24) is 28.9 Å². The maximum atomic E-state index is 5.16. The second kappa shape index (κ2) is 12.3. The number of rotatable bonds is 6. The molecule has 6 heteroatoms. The van der Waals surface area contributed by atoms with Gasteiger partial charge in [0.2, 0.25) is 0 Å². The quantitative estimate of drug-likeness (QED) is 0.177. The molecule has 0 spiro atoms. The van der Waals surface area contributed by atoms with Gasteiger partial charge in [-0.05, 0) is 48.5 Å². The molecule has 52 heavy (non-hydrogen) atoms. The highest BCUT2D eigenvalue weighted by Gasteiger charge is 2.19. The van der Waals surface area contributed by atoms with Crippen molar-refractivity contribution in [1.29, 1.82) is 0 Å². The van der Waals surface area contributed by atoms with Crippen LogP contribution in [0.4, 0.5) is 0 Å². The van der Waals surface area contributed by atoms with Crippen molar-refractivity contribution < 1.29 is 0 Å². The molecular formula is C46H30N6. The molecule has 0 unspecified atom stereocenters. The van der Waals surface area contributed by atoms with E-state index in [2.05, 4.69) is 118 Å². The van der Waals surface area contributed by atoms with Crippen molar-refractivity contribution in [3.8, 4) is 62.4 Å². The van der Waals surface area contributed by atoms with E-state index in [4.69, 9.17) is 19.9 Å². The Bertz CT molecular complexity index is 2820. The van der Waals surface area contributed by atoms with Crippen LogP contribution < -0.4 is 0 Å². The van der Waals surface area contributed by atoms with E-state index in [0.717, 1.165) is 61.6 Å². The lowest BCUT2D eigenvalue weighted by Gasteiger charge is -2.11. The summed E-state index contributed by atoms with van der Waals surface area (Å²) in [5, 5.41) is 2.38. The van der Waals surface area contributed by atoms with Gasteiger partial charge in [0, 0.05) is 50.5 Å². The standard InChI is InChI=1S/C46H30N6/c1-4-14-31(15-5-1)43-42(47-41-22-12-13-29-51(41)43)35-25-28-38-37-20-10-11-21-39(37)52(40(38)30-35)36-26-23-34(24-27-36)46-49-44(32-16-6-2-7-17-32)48-45(50-46)33-18-8-3-9-19-33/h1-30H. The largest absolute Gasteiger partial charge is 0.309 e. The number of imidazole rings is 1. The molecule has 0 aliphatic rings. The summed E-state index contributed by atoms with van der Waals surface area (Å²) in [6.45, 7) is 0. The first-order chi connectivity index (χ1) is 25.8. The maximum absolute atomic E-state index is 5.16. The molecule has 0 saturated carbocycles. The molecule has 0 amide bonds. The zero-order chi connectivity index (χ0) is 34.4. The zero-order valence-corrected chi connectivity index (χ0v) is 28.0. The first kappa shape index (κ1) is 29.7. The predicted molar refractivity (Wildman–Crippen MR) is 210 cm³/mol. The molecular weight excluding hydrogens is 637 g/mol. The molecule has 0 N–H and O–H groups in total. The number of benzene rings is 6. The highest BCUT2D eigenvalue weighted by Crippen LogP contribution is 2.38. The summed E-state index contributed by atoms with van der Waals surface area (Å²) in [7, 11) is 0. The molecule has 0 saturated heterocycles. The average molecular weight is 667 g/mol. The van der Waals surface area contributed by atoms with Gasteiger partial charge in [0.1, 0.15) is 5.65 Å². The molecule has 4 heterocycles. The Hall–Kier alpha value is -7.18. The second-order valence-corrected chi connectivity index (χ2v) is 12.8. The Labute approximate surface area is 300 Å². The maximum Gasteiger partial charge on any atom is 0.164 e. The second-order valence-electron chi connectivity index (χ2n) is 12.8. The summed E-state index contributed by atoms with van der Waals surface area (Å²) in [5.74, 6) is 1.92. The van der Waals surface area contributed by atoms with E-state index in [1.807, 2.05) is 72.8 Å². The van der Waals surface area contributed by atoms with Gasteiger partial charge in [-0.25, -0.2) is 19.9 Å². The molecule has 10 aromatic rings. The van der Waals surface area contributed by atoms with E-state index in [1.165, 1.54) is 10.8 Å². The monoisotopic (exact) mass is 666 g/mol. The van der Waals surface area contributed by atoms with E-state index < -0.39 is 0 Å². The van der Waals surface area contributed by atoms with Crippen LogP contribution in [0.1, 0.15) is 0 Å². The Morgan fingerprint density at radius 2 is 0.885 bits per heavy atom. The lowest BCUT2D eigenvalue weighted by atomic mass is 10.0. The van der Waals surface area contributed by atoms with E-state index >= 15 is 0 Å². The van der Waals surface area contributed by atoms with Gasteiger partial charge in [0.25, 0.3) is 0 Å². The predicted octanol–water partition coefficient (Wildman–Crippen LogP) is 11.0. The molecule has 244 valence electrons. The fraction of sp³-hybridized carbons (Fsp3) is 0. The summed E-state index contributed by atoms with van der Waals surface area (Å²) < 4.78 is 4.52. The van der Waals surface area contributed by atoms with E-state index in [-0.39, 0.29) is 0 Å². The van der Waals surface area contributed by atoms with Gasteiger partial charge >= 0.3 is 0 Å². The van der Waals surface area contributed by atoms with Gasteiger partial charge in [-0.15, -0.1) is 0 Å². The van der Waals surface area contributed by atoms with Crippen LogP contribution in [0.5, 0.6) is 0 Å². The van der Waals surface area contributed by atoms with Gasteiger partial charge in [-0.2, -0.15) is 0 Å². The molecule has 10 rings (SSSR count). The summed E-state index contributed by atoms with van der Waals surface area (Å²) in [4.78, 5) is 19.9. The van der Waals surface area contributed by atoms with Crippen LogP contribution in [0.2, 0.25) is 0 Å². The smallest absolute Gasteiger partial charge is 0.164 e. The molecule has 0 atom stereocenters. The molecule has 0 fully saturated rings. The minimum absolute atomic E-state index is 0.629. The topological polar surface area (TPSA) is 60.9 Å². The summed E-state index contributed by atoms with van der Waals surface area (Å²) in [6.07, 6.45) is 2.09. The third-order valence-corrected chi connectivity index (χ3v) is 9.61. The lowest BCUT2D eigenvalue weighted by Crippen LogP contribution is -2.00. The molecule has 0 aliphatic carbocycles. The van der Waals surface area contributed by atoms with Gasteiger partial charge in [0.05, 0.1) is 22.4 Å². The highest BCUT2D eigenvalue weighted by atomic mass is 15.0. The van der Waals surface area contributed by atoms with Gasteiger partial charge in [-0.3, -0.25) is 4.40 Å². The van der Waals surface area contributed by atoms with Crippen LogP contribution in [0.25, 0.3) is 89.8 Å². The van der Waals surface area contributed by atoms with Crippen LogP contribution in [-0.2, 0) is 0 Å². The van der Waals surface area contributed by atoms with Gasteiger partial charge in [0.15, 0.2) is 17.5 Å². The van der Waals surface area contributed by atoms with Crippen LogP contribution in [0.15, 0.2) is 182 Å². The summed E-state index contributed by atoms with van der Waals surface area (Å²) in [5.41, 5.74) is 11.2. The fourth-order valence-electron chi connectivity index (χ4n) is 7.16. The third-order valence-electron chi connectivity index (χ3n) is 9.61. The first-order valence-electron chi connectivity index (χ1n) is 17.3. The Morgan fingerprint density at radius 1 is 0.365 bits per heavy atom. The van der Waals surface area contributed by atoms with Crippen molar-refractivity contribution >= 4 is 27.5 Å². The highest BCUT2D eigenvalue weighted by molar-refractivity contribution is 6.10. The molecule has 0 aliphatic heterocycles. The lowest BCUT2D eigenvalue weighted by molar-refractivity contribution is 1.07. The van der Waals surface area contributed by atoms with Crippen molar-refractivity contribution in [2.75, 3.05) is 0 Å². The van der Waals surface area contributed by atoms with Crippen LogP contribution in [-0.4, -0.2) is 28.9 Å². The van der Waals surface area contributed by atoms with E-state index in [0.29, 0.717) is 17.5 Å². The number of fused-ring (bicyclic) bond motifs is 4. The van der Waals surface area contributed by atoms with Gasteiger partial charge < -0.3 is 4.57 Å². The number of nitrogens with zero attached hydrogens (tertiary/aromatic N) is 6. The van der Waals surface area contributed by atoms with Gasteiger partial charge in [-0.1, -0.05) is 127 Å². The van der Waals surface area contributed by atoms with E-state index in [9.17, 15) is 0 Å². The van der Waals surface area contributed by atoms with Crippen molar-refractivity contribution in [3.05, 3.63) is 182 Å². The molecule has 0 radical (unpaired) electrons. The number of aromatic nitrogens is 6. The van der Waals surface area contributed by atoms with Crippen molar-refractivity contribution in [2.24, 2.45) is 0 Å². The minimum atomic E-state index is 0.629. The SMILES string of the molecule is c1ccc(-c2nc(-c3ccccc3)nc(-c3ccc(-n4c5ccccc5c5ccc(-c6nc7ccccn7c6-c6ccccc6)cc54)cc3)n2)cc1. The van der Waals surface area contributed by atoms with Crippen LogP contribution in [0.3, 0.4) is 0 Å². The number of hydrogen-bond donors (Lipinski definition) is 0. The first-order valence-corrected chi connectivity index (χ1v) is 17.3. The minimum Gasteiger partial charge on any atom is -0.309 e. The third kappa shape index (κ3) is 5.05. The number of pyridine rings is 1. The fourth-order valence-corrected chi connectivity index (χ4v) is 7.16. The molecule has 6 aromatic carbocycles. The van der Waals surface area contributed by atoms with Crippen molar-refractivity contribution in [3.63, 3.8) is 0 Å². The zero-order valence-electron chi connectivity index (χ0n) is 28.0. The average Bonchev–Trinajstić information content (AvgIpc) is 3.78. The summed E-state index contributed by atoms with van der Waals surface area (Å²) in [6, 6.07) is 60.6. The Kier molecular flexibility index (Phi) is 7.03. The summed E-state index contributed by atoms with van der Waals surface area (Å²) >= 11 is 0. The Morgan fingerprint density at radius 3 is 1.54 bits per heavy atom. The van der Waals surface area contributed by atoms with Crippen molar-refractivity contribution in [2.45, 2.75) is 0 Å². The molecule has 4 aromatic heterocycles. The molecule has 0 bridgehead atoms. The van der Waals surface area contributed by atoms with Crippen LogP contribution >= 0.6 is 0 Å². The Balaban J connectivity index is 1.12. The van der Waals surface area contributed by atoms with E-state index in [1.54, 1.807) is 0 Å². The number of hydrogen-bond acceptors (Lipinski definition) is 4. The molecule has 6 nitrogen and oxygen atoms in total. The normalized spacial score (nSPS) is 11.5. The van der Waals surface area contributed by atoms with Crippen LogP contribution in [0, 0.1) is 0 Å². The number of para-hydroxylation sites is 1.